The molecule has 4 rings (SSSR count). The quantitative estimate of drug-likeness (QED) is 0.439. The molecule has 0 saturated carbocycles. The van der Waals surface area contributed by atoms with Crippen molar-refractivity contribution in [3.63, 3.8) is 0 Å². The van der Waals surface area contributed by atoms with Gasteiger partial charge in [-0.15, -0.1) is 0 Å². The molecule has 3 aromatic carbocycles. The SMILES string of the molecule is CCc1c(NC)nc(Nc2ccc(C#N)cc2)nc1Oc1ccc2ccccc2c1. The first-order valence-corrected chi connectivity index (χ1v) is 9.72. The molecule has 148 valence electrons. The van der Waals surface area contributed by atoms with Crippen LogP contribution in [-0.4, -0.2) is 17.0 Å². The maximum atomic E-state index is 8.97. The van der Waals surface area contributed by atoms with Crippen LogP contribution in [0.1, 0.15) is 18.1 Å². The number of hydrogen-bond acceptors (Lipinski definition) is 6. The maximum absolute atomic E-state index is 8.97. The van der Waals surface area contributed by atoms with Crippen molar-refractivity contribution in [3.05, 3.63) is 77.9 Å². The Kier molecular flexibility index (Phi) is 5.44. The molecule has 1 heterocycles. The molecule has 0 unspecified atom stereocenters. The Morgan fingerprint density at radius 3 is 2.43 bits per heavy atom. The third-order valence-electron chi connectivity index (χ3n) is 4.77. The Morgan fingerprint density at radius 1 is 0.967 bits per heavy atom. The fourth-order valence-corrected chi connectivity index (χ4v) is 3.23. The van der Waals surface area contributed by atoms with Crippen molar-refractivity contribution in [3.8, 4) is 17.7 Å². The number of rotatable bonds is 6. The van der Waals surface area contributed by atoms with Gasteiger partial charge in [-0.25, -0.2) is 0 Å². The van der Waals surface area contributed by atoms with Gasteiger partial charge >= 0.3 is 0 Å². The summed E-state index contributed by atoms with van der Waals surface area (Å²) in [5.74, 6) is 2.34. The first kappa shape index (κ1) is 19.2. The summed E-state index contributed by atoms with van der Waals surface area (Å²) in [6.45, 7) is 2.04. The lowest BCUT2D eigenvalue weighted by Crippen LogP contribution is -2.07. The minimum Gasteiger partial charge on any atom is -0.438 e. The van der Waals surface area contributed by atoms with Gasteiger partial charge in [0.05, 0.1) is 17.2 Å². The fourth-order valence-electron chi connectivity index (χ4n) is 3.23. The third-order valence-corrected chi connectivity index (χ3v) is 4.77. The van der Waals surface area contributed by atoms with Gasteiger partial charge in [-0.3, -0.25) is 0 Å². The maximum Gasteiger partial charge on any atom is 0.232 e. The summed E-state index contributed by atoms with van der Waals surface area (Å²) in [4.78, 5) is 9.19. The van der Waals surface area contributed by atoms with Crippen molar-refractivity contribution in [1.82, 2.24) is 9.97 Å². The number of hydrogen-bond donors (Lipinski definition) is 2. The van der Waals surface area contributed by atoms with Gasteiger partial charge in [0, 0.05) is 12.7 Å². The van der Waals surface area contributed by atoms with E-state index in [9.17, 15) is 0 Å². The highest BCUT2D eigenvalue weighted by molar-refractivity contribution is 5.83. The van der Waals surface area contributed by atoms with E-state index in [1.807, 2.05) is 56.4 Å². The highest BCUT2D eigenvalue weighted by Gasteiger charge is 2.15. The van der Waals surface area contributed by atoms with Gasteiger partial charge in [0.15, 0.2) is 0 Å². The average molecular weight is 395 g/mol. The zero-order valence-electron chi connectivity index (χ0n) is 16.8. The van der Waals surface area contributed by atoms with Crippen LogP contribution in [0.2, 0.25) is 0 Å². The van der Waals surface area contributed by atoms with E-state index in [0.29, 0.717) is 29.0 Å². The van der Waals surface area contributed by atoms with E-state index in [1.165, 1.54) is 0 Å². The number of fused-ring (bicyclic) bond motifs is 1. The fraction of sp³-hybridized carbons (Fsp3) is 0.125. The van der Waals surface area contributed by atoms with Crippen molar-refractivity contribution in [2.24, 2.45) is 0 Å². The number of ether oxygens (including phenoxy) is 1. The van der Waals surface area contributed by atoms with Crippen molar-refractivity contribution in [1.29, 1.82) is 5.26 Å². The van der Waals surface area contributed by atoms with Crippen LogP contribution < -0.4 is 15.4 Å². The van der Waals surface area contributed by atoms with Crippen LogP contribution >= 0.6 is 0 Å². The largest absolute Gasteiger partial charge is 0.438 e. The third kappa shape index (κ3) is 4.01. The van der Waals surface area contributed by atoms with Crippen LogP contribution in [-0.2, 0) is 6.42 Å². The van der Waals surface area contributed by atoms with Gasteiger partial charge in [0.25, 0.3) is 0 Å². The molecule has 0 amide bonds. The van der Waals surface area contributed by atoms with Crippen LogP contribution in [0.25, 0.3) is 10.8 Å². The summed E-state index contributed by atoms with van der Waals surface area (Å²) in [5.41, 5.74) is 2.28. The molecule has 0 aliphatic rings. The van der Waals surface area contributed by atoms with E-state index < -0.39 is 0 Å². The van der Waals surface area contributed by atoms with Crippen LogP contribution in [0.5, 0.6) is 11.6 Å². The molecule has 0 bridgehead atoms. The van der Waals surface area contributed by atoms with Crippen molar-refractivity contribution in [2.75, 3.05) is 17.7 Å². The summed E-state index contributed by atoms with van der Waals surface area (Å²) >= 11 is 0. The molecular formula is C24H21N5O. The van der Waals surface area contributed by atoms with Gasteiger partial charge in [0.2, 0.25) is 11.8 Å². The number of nitrogens with one attached hydrogen (secondary N) is 2. The zero-order valence-corrected chi connectivity index (χ0v) is 16.8. The van der Waals surface area contributed by atoms with E-state index in [0.717, 1.165) is 28.4 Å². The summed E-state index contributed by atoms with van der Waals surface area (Å²) < 4.78 is 6.19. The standard InChI is InChI=1S/C24H21N5O/c1-3-21-22(26-2)28-24(27-19-11-8-16(15-25)9-12-19)29-23(21)30-20-13-10-17-6-4-5-7-18(17)14-20/h4-14H,3H2,1-2H3,(H2,26,27,28,29). The number of aromatic nitrogens is 2. The first-order valence-electron chi connectivity index (χ1n) is 9.72. The van der Waals surface area contributed by atoms with Crippen molar-refractivity contribution >= 4 is 28.2 Å². The number of benzene rings is 3. The Hall–Kier alpha value is -4.11. The van der Waals surface area contributed by atoms with Gasteiger partial charge < -0.3 is 15.4 Å². The molecule has 0 atom stereocenters. The van der Waals surface area contributed by atoms with Crippen LogP contribution in [0.3, 0.4) is 0 Å². The summed E-state index contributed by atoms with van der Waals surface area (Å²) in [7, 11) is 1.83. The number of nitrogens with zero attached hydrogens (tertiary/aromatic N) is 3. The van der Waals surface area contributed by atoms with E-state index in [4.69, 9.17) is 10.00 Å². The van der Waals surface area contributed by atoms with Crippen LogP contribution in [0, 0.1) is 11.3 Å². The predicted molar refractivity (Wildman–Crippen MR) is 119 cm³/mol. The minimum absolute atomic E-state index is 0.414. The first-order chi connectivity index (χ1) is 14.7. The van der Waals surface area contributed by atoms with E-state index in [-0.39, 0.29) is 0 Å². The summed E-state index contributed by atoms with van der Waals surface area (Å²) in [5, 5.41) is 17.5. The van der Waals surface area contributed by atoms with E-state index in [2.05, 4.69) is 38.8 Å². The zero-order chi connectivity index (χ0) is 20.9. The predicted octanol–water partition coefficient (Wildman–Crippen LogP) is 5.64. The topological polar surface area (TPSA) is 82.9 Å². The Balaban J connectivity index is 1.69. The molecule has 6 nitrogen and oxygen atoms in total. The normalized spacial score (nSPS) is 10.4. The molecule has 2 N–H and O–H groups in total. The average Bonchev–Trinajstić information content (AvgIpc) is 2.79. The van der Waals surface area contributed by atoms with Gasteiger partial charge in [-0.1, -0.05) is 37.3 Å². The molecule has 0 radical (unpaired) electrons. The molecule has 0 saturated heterocycles. The monoisotopic (exact) mass is 395 g/mol. The van der Waals surface area contributed by atoms with Crippen LogP contribution in [0.15, 0.2) is 66.7 Å². The summed E-state index contributed by atoms with van der Waals surface area (Å²) in [6, 6.07) is 23.4. The molecule has 0 spiro atoms. The highest BCUT2D eigenvalue weighted by Crippen LogP contribution is 2.31. The molecule has 0 aliphatic heterocycles. The van der Waals surface area contributed by atoms with E-state index >= 15 is 0 Å². The second kappa shape index (κ2) is 8.50. The Morgan fingerprint density at radius 2 is 1.73 bits per heavy atom. The van der Waals surface area contributed by atoms with Gasteiger partial charge in [-0.05, 0) is 53.6 Å². The van der Waals surface area contributed by atoms with Gasteiger partial charge in [0.1, 0.15) is 11.6 Å². The molecule has 0 aliphatic carbocycles. The summed E-state index contributed by atoms with van der Waals surface area (Å²) in [6.07, 6.45) is 0.718. The molecule has 1 aromatic heterocycles. The van der Waals surface area contributed by atoms with Gasteiger partial charge in [-0.2, -0.15) is 15.2 Å². The molecule has 30 heavy (non-hydrogen) atoms. The number of anilines is 3. The van der Waals surface area contributed by atoms with Crippen molar-refractivity contribution < 1.29 is 4.74 Å². The lowest BCUT2D eigenvalue weighted by Gasteiger charge is -2.15. The molecule has 0 fully saturated rings. The Labute approximate surface area is 175 Å². The molecule has 6 heteroatoms. The lowest BCUT2D eigenvalue weighted by atomic mass is 10.1. The van der Waals surface area contributed by atoms with E-state index in [1.54, 1.807) is 12.1 Å². The van der Waals surface area contributed by atoms with Crippen LogP contribution in [0.4, 0.5) is 17.5 Å². The smallest absolute Gasteiger partial charge is 0.232 e. The molecule has 4 aromatic rings. The van der Waals surface area contributed by atoms with Crippen molar-refractivity contribution in [2.45, 2.75) is 13.3 Å². The second-order valence-corrected chi connectivity index (χ2v) is 6.71. The lowest BCUT2D eigenvalue weighted by molar-refractivity contribution is 0.457. The second-order valence-electron chi connectivity index (χ2n) is 6.71. The highest BCUT2D eigenvalue weighted by atomic mass is 16.5. The minimum atomic E-state index is 0.414. The Bertz CT molecular complexity index is 1230. The molecular weight excluding hydrogens is 374 g/mol. The number of nitriles is 1.